The van der Waals surface area contributed by atoms with Crippen LogP contribution in [0.1, 0.15) is 0 Å². The molecule has 46 valence electrons. The van der Waals surface area contributed by atoms with Gasteiger partial charge >= 0.3 is 0 Å². The van der Waals surface area contributed by atoms with Crippen molar-refractivity contribution in [1.29, 1.82) is 0 Å². The largest absolute Gasteiger partial charge is 0.500 e. The average Bonchev–Trinajstić information content (AvgIpc) is 2.14. The number of methoxy groups -OCH3 is 1. The van der Waals surface area contributed by atoms with E-state index >= 15 is 0 Å². The molecule has 0 saturated carbocycles. The van der Waals surface area contributed by atoms with Gasteiger partial charge in [-0.1, -0.05) is 0 Å². The quantitative estimate of drug-likeness (QED) is 0.481. The van der Waals surface area contributed by atoms with Gasteiger partial charge in [-0.3, -0.25) is 5.32 Å². The minimum atomic E-state index is -0.509. The van der Waals surface area contributed by atoms with Crippen LogP contribution in [0.4, 0.5) is 0 Å². The van der Waals surface area contributed by atoms with Gasteiger partial charge in [0.1, 0.15) is 12.0 Å². The van der Waals surface area contributed by atoms with E-state index in [1.807, 2.05) is 0 Å². The zero-order valence-corrected chi connectivity index (χ0v) is 4.72. The van der Waals surface area contributed by atoms with Crippen molar-refractivity contribution in [3.63, 3.8) is 0 Å². The fourth-order valence-corrected chi connectivity index (χ4v) is 0.639. The Labute approximate surface area is 48.0 Å². The summed E-state index contributed by atoms with van der Waals surface area (Å²) in [5.74, 6) is 0.803. The number of rotatable bonds is 1. The second kappa shape index (κ2) is 2.15. The summed E-state index contributed by atoms with van der Waals surface area (Å²) in [4.78, 5) is 0. The van der Waals surface area contributed by atoms with Gasteiger partial charge in [0.15, 0.2) is 0 Å². The van der Waals surface area contributed by atoms with Crippen molar-refractivity contribution < 1.29 is 9.84 Å². The lowest BCUT2D eigenvalue weighted by atomic mass is 10.5. The SMILES string of the molecule is COC1=CC(O)NC1. The van der Waals surface area contributed by atoms with Gasteiger partial charge in [-0.15, -0.1) is 0 Å². The Morgan fingerprint density at radius 2 is 2.75 bits per heavy atom. The Morgan fingerprint density at radius 3 is 3.00 bits per heavy atom. The van der Waals surface area contributed by atoms with Crippen LogP contribution in [0, 0.1) is 0 Å². The summed E-state index contributed by atoms with van der Waals surface area (Å²) in [6, 6.07) is 0. The van der Waals surface area contributed by atoms with Crippen molar-refractivity contribution in [3.05, 3.63) is 11.8 Å². The van der Waals surface area contributed by atoms with E-state index in [1.54, 1.807) is 13.2 Å². The smallest absolute Gasteiger partial charge is 0.128 e. The molecule has 0 bridgehead atoms. The van der Waals surface area contributed by atoms with Crippen LogP contribution >= 0.6 is 0 Å². The van der Waals surface area contributed by atoms with Crippen molar-refractivity contribution >= 4 is 0 Å². The molecule has 3 heteroatoms. The molecule has 0 fully saturated rings. The third kappa shape index (κ3) is 0.993. The molecule has 0 radical (unpaired) electrons. The van der Waals surface area contributed by atoms with Gasteiger partial charge in [0, 0.05) is 0 Å². The zero-order valence-electron chi connectivity index (χ0n) is 4.72. The number of aliphatic hydroxyl groups is 1. The van der Waals surface area contributed by atoms with Gasteiger partial charge in [0.25, 0.3) is 0 Å². The van der Waals surface area contributed by atoms with Crippen molar-refractivity contribution in [3.8, 4) is 0 Å². The first kappa shape index (κ1) is 5.59. The predicted octanol–water partition coefficient (Wildman–Crippen LogP) is -0.562. The van der Waals surface area contributed by atoms with Crippen molar-refractivity contribution in [2.75, 3.05) is 13.7 Å². The average molecular weight is 115 g/mol. The van der Waals surface area contributed by atoms with E-state index in [-0.39, 0.29) is 0 Å². The Hall–Kier alpha value is -0.540. The number of ether oxygens (including phenoxy) is 1. The second-order valence-corrected chi connectivity index (χ2v) is 1.66. The summed E-state index contributed by atoms with van der Waals surface area (Å²) in [6.45, 7) is 0.637. The first-order valence-electron chi connectivity index (χ1n) is 2.49. The molecule has 0 aromatic heterocycles. The van der Waals surface area contributed by atoms with Gasteiger partial charge in [0.2, 0.25) is 0 Å². The van der Waals surface area contributed by atoms with E-state index in [0.717, 1.165) is 5.76 Å². The van der Waals surface area contributed by atoms with Crippen LogP contribution in [0.25, 0.3) is 0 Å². The molecule has 3 nitrogen and oxygen atoms in total. The van der Waals surface area contributed by atoms with Gasteiger partial charge in [0.05, 0.1) is 13.7 Å². The highest BCUT2D eigenvalue weighted by Gasteiger charge is 2.10. The maximum atomic E-state index is 8.76. The third-order valence-corrected chi connectivity index (χ3v) is 1.09. The highest BCUT2D eigenvalue weighted by molar-refractivity contribution is 5.05. The molecule has 0 aromatic rings. The first-order chi connectivity index (χ1) is 3.83. The van der Waals surface area contributed by atoms with E-state index in [0.29, 0.717) is 6.54 Å². The van der Waals surface area contributed by atoms with Crippen molar-refractivity contribution in [2.24, 2.45) is 0 Å². The summed E-state index contributed by atoms with van der Waals surface area (Å²) in [6.07, 6.45) is 1.13. The molecule has 1 unspecified atom stereocenters. The van der Waals surface area contributed by atoms with Crippen LogP contribution in [-0.2, 0) is 4.74 Å². The Morgan fingerprint density at radius 1 is 2.00 bits per heavy atom. The maximum absolute atomic E-state index is 8.76. The van der Waals surface area contributed by atoms with Gasteiger partial charge in [-0.2, -0.15) is 0 Å². The van der Waals surface area contributed by atoms with Crippen molar-refractivity contribution in [2.45, 2.75) is 6.23 Å². The van der Waals surface area contributed by atoms with E-state index in [4.69, 9.17) is 9.84 Å². The molecular formula is C5H9NO2. The maximum Gasteiger partial charge on any atom is 0.128 e. The normalized spacial score (nSPS) is 27.8. The predicted molar refractivity (Wildman–Crippen MR) is 29.1 cm³/mol. The Kier molecular flexibility index (Phi) is 1.50. The Balaban J connectivity index is 2.44. The Bertz CT molecular complexity index is 111. The minimum absolute atomic E-state index is 0.509. The molecule has 2 N–H and O–H groups in total. The summed E-state index contributed by atoms with van der Waals surface area (Å²) < 4.78 is 4.82. The van der Waals surface area contributed by atoms with E-state index < -0.39 is 6.23 Å². The molecule has 0 aromatic carbocycles. The topological polar surface area (TPSA) is 41.5 Å². The molecule has 1 rings (SSSR count). The second-order valence-electron chi connectivity index (χ2n) is 1.66. The van der Waals surface area contributed by atoms with Gasteiger partial charge < -0.3 is 9.84 Å². The van der Waals surface area contributed by atoms with E-state index in [2.05, 4.69) is 5.32 Å². The molecule has 1 aliphatic rings. The molecule has 1 aliphatic heterocycles. The number of nitrogens with one attached hydrogen (secondary N) is 1. The standard InChI is InChI=1S/C5H9NO2/c1-8-4-2-5(7)6-3-4/h2,5-7H,3H2,1H3. The molecule has 1 atom stereocenters. The highest BCUT2D eigenvalue weighted by Crippen LogP contribution is 2.01. The number of hydrogen-bond donors (Lipinski definition) is 2. The van der Waals surface area contributed by atoms with Crippen LogP contribution in [-0.4, -0.2) is 25.0 Å². The zero-order chi connectivity index (χ0) is 5.98. The molecular weight excluding hydrogens is 106 g/mol. The van der Waals surface area contributed by atoms with Gasteiger partial charge in [-0.05, 0) is 6.08 Å². The lowest BCUT2D eigenvalue weighted by molar-refractivity contribution is 0.199. The first-order valence-corrected chi connectivity index (χ1v) is 2.49. The van der Waals surface area contributed by atoms with Crippen LogP contribution in [0.5, 0.6) is 0 Å². The molecule has 0 aliphatic carbocycles. The summed E-state index contributed by atoms with van der Waals surface area (Å²) in [5.41, 5.74) is 0. The lowest BCUT2D eigenvalue weighted by Crippen LogP contribution is -2.20. The molecule has 1 heterocycles. The molecule has 8 heavy (non-hydrogen) atoms. The van der Waals surface area contributed by atoms with Crippen LogP contribution in [0.3, 0.4) is 0 Å². The summed E-state index contributed by atoms with van der Waals surface area (Å²) >= 11 is 0. The molecule has 0 spiro atoms. The fraction of sp³-hybridized carbons (Fsp3) is 0.600. The third-order valence-electron chi connectivity index (χ3n) is 1.09. The number of hydrogen-bond acceptors (Lipinski definition) is 3. The van der Waals surface area contributed by atoms with Gasteiger partial charge in [-0.25, -0.2) is 0 Å². The molecule has 0 saturated heterocycles. The fourth-order valence-electron chi connectivity index (χ4n) is 0.639. The van der Waals surface area contributed by atoms with Crippen molar-refractivity contribution in [1.82, 2.24) is 5.32 Å². The number of aliphatic hydroxyl groups excluding tert-OH is 1. The van der Waals surface area contributed by atoms with Crippen LogP contribution in [0.2, 0.25) is 0 Å². The van der Waals surface area contributed by atoms with Crippen LogP contribution < -0.4 is 5.32 Å². The lowest BCUT2D eigenvalue weighted by Gasteiger charge is -1.95. The van der Waals surface area contributed by atoms with Crippen LogP contribution in [0.15, 0.2) is 11.8 Å². The monoisotopic (exact) mass is 115 g/mol. The molecule has 0 amide bonds. The summed E-state index contributed by atoms with van der Waals surface area (Å²) in [7, 11) is 1.59. The van der Waals surface area contributed by atoms with E-state index in [9.17, 15) is 0 Å². The van der Waals surface area contributed by atoms with E-state index in [1.165, 1.54) is 0 Å². The summed E-state index contributed by atoms with van der Waals surface area (Å²) in [5, 5.41) is 11.5. The highest BCUT2D eigenvalue weighted by atomic mass is 16.5. The minimum Gasteiger partial charge on any atom is -0.500 e.